The molecule has 0 saturated carbocycles. The van der Waals surface area contributed by atoms with Crippen LogP contribution in [0.4, 0.5) is 10.5 Å². The number of primary amides is 1. The zero-order valence-electron chi connectivity index (χ0n) is 15.6. The standard InChI is InChI=1S/C20H22ClN3O4/c1-12-15(21)9-6-10-16(12)23-18(25)13(2)28-19(26)17(24-20(22)27)11-14-7-4-3-5-8-14/h3-10,13,17H,11H2,1-2H3,(H,23,25)(H3,22,24,27)/t13-,17-/m0/s1. The molecule has 7 nitrogen and oxygen atoms in total. The van der Waals surface area contributed by atoms with Crippen LogP contribution < -0.4 is 16.4 Å². The Hall–Kier alpha value is -3.06. The summed E-state index contributed by atoms with van der Waals surface area (Å²) in [5.41, 5.74) is 7.20. The number of ether oxygens (including phenoxy) is 1. The summed E-state index contributed by atoms with van der Waals surface area (Å²) in [6.45, 7) is 3.21. The van der Waals surface area contributed by atoms with E-state index in [2.05, 4.69) is 10.6 Å². The van der Waals surface area contributed by atoms with Crippen LogP contribution in [0, 0.1) is 6.92 Å². The van der Waals surface area contributed by atoms with Gasteiger partial charge in [0.15, 0.2) is 6.10 Å². The molecule has 0 aliphatic rings. The second kappa shape index (κ2) is 9.75. The Kier molecular flexibility index (Phi) is 7.40. The first-order chi connectivity index (χ1) is 13.3. The van der Waals surface area contributed by atoms with Gasteiger partial charge in [0, 0.05) is 17.1 Å². The van der Waals surface area contributed by atoms with E-state index < -0.39 is 30.1 Å². The molecule has 28 heavy (non-hydrogen) atoms. The number of hydrogen-bond acceptors (Lipinski definition) is 4. The lowest BCUT2D eigenvalue weighted by molar-refractivity contribution is -0.155. The van der Waals surface area contributed by atoms with Gasteiger partial charge in [-0.15, -0.1) is 0 Å². The van der Waals surface area contributed by atoms with Crippen molar-refractivity contribution in [3.63, 3.8) is 0 Å². The molecule has 3 amide bonds. The SMILES string of the molecule is Cc1c(Cl)cccc1NC(=O)[C@H](C)OC(=O)[C@H](Cc1ccccc1)NC(N)=O. The first kappa shape index (κ1) is 21.2. The number of halogens is 1. The molecule has 0 aromatic heterocycles. The van der Waals surface area contributed by atoms with Gasteiger partial charge in [0.05, 0.1) is 0 Å². The second-order valence-corrected chi connectivity index (χ2v) is 6.64. The second-order valence-electron chi connectivity index (χ2n) is 6.23. The summed E-state index contributed by atoms with van der Waals surface area (Å²) in [6.07, 6.45) is -0.900. The summed E-state index contributed by atoms with van der Waals surface area (Å²) in [5, 5.41) is 5.54. The van der Waals surface area contributed by atoms with Gasteiger partial charge < -0.3 is 21.1 Å². The van der Waals surface area contributed by atoms with E-state index in [4.69, 9.17) is 22.1 Å². The van der Waals surface area contributed by atoms with E-state index in [0.29, 0.717) is 16.3 Å². The summed E-state index contributed by atoms with van der Waals surface area (Å²) in [7, 11) is 0. The molecule has 0 unspecified atom stereocenters. The van der Waals surface area contributed by atoms with E-state index >= 15 is 0 Å². The van der Waals surface area contributed by atoms with Crippen molar-refractivity contribution in [2.45, 2.75) is 32.4 Å². The largest absolute Gasteiger partial charge is 0.451 e. The van der Waals surface area contributed by atoms with Crippen molar-refractivity contribution >= 4 is 35.2 Å². The highest BCUT2D eigenvalue weighted by atomic mass is 35.5. The van der Waals surface area contributed by atoms with Gasteiger partial charge >= 0.3 is 12.0 Å². The van der Waals surface area contributed by atoms with Crippen LogP contribution >= 0.6 is 11.6 Å². The average Bonchev–Trinajstić information content (AvgIpc) is 2.65. The van der Waals surface area contributed by atoms with Crippen LogP contribution in [0.3, 0.4) is 0 Å². The van der Waals surface area contributed by atoms with Crippen molar-refractivity contribution in [2.75, 3.05) is 5.32 Å². The molecule has 0 aliphatic heterocycles. The minimum atomic E-state index is -1.08. The molecule has 0 saturated heterocycles. The number of esters is 1. The molecular formula is C20H22ClN3O4. The topological polar surface area (TPSA) is 111 Å². The van der Waals surface area contributed by atoms with Crippen LogP contribution in [0.1, 0.15) is 18.1 Å². The molecule has 0 heterocycles. The Morgan fingerprint density at radius 2 is 1.79 bits per heavy atom. The molecule has 2 rings (SSSR count). The quantitative estimate of drug-likeness (QED) is 0.617. The first-order valence-electron chi connectivity index (χ1n) is 8.64. The number of carbonyl (C=O) groups is 3. The number of nitrogens with one attached hydrogen (secondary N) is 2. The maximum Gasteiger partial charge on any atom is 0.329 e. The number of nitrogens with two attached hydrogens (primary N) is 1. The van der Waals surface area contributed by atoms with Gasteiger partial charge in [-0.2, -0.15) is 0 Å². The molecule has 4 N–H and O–H groups in total. The van der Waals surface area contributed by atoms with Crippen molar-refractivity contribution in [1.29, 1.82) is 0 Å². The molecule has 2 aromatic rings. The Balaban J connectivity index is 2.03. The summed E-state index contributed by atoms with van der Waals surface area (Å²) >= 11 is 6.04. The van der Waals surface area contributed by atoms with E-state index in [0.717, 1.165) is 5.56 Å². The molecule has 0 radical (unpaired) electrons. The summed E-state index contributed by atoms with van der Waals surface area (Å²) in [5.74, 6) is -1.27. The Morgan fingerprint density at radius 3 is 2.43 bits per heavy atom. The van der Waals surface area contributed by atoms with Crippen LogP contribution in [0.2, 0.25) is 5.02 Å². The highest BCUT2D eigenvalue weighted by Gasteiger charge is 2.26. The predicted octanol–water partition coefficient (Wildman–Crippen LogP) is 2.80. The molecule has 148 valence electrons. The number of amides is 3. The van der Waals surface area contributed by atoms with E-state index in [1.54, 1.807) is 37.3 Å². The highest BCUT2D eigenvalue weighted by Crippen LogP contribution is 2.23. The maximum absolute atomic E-state index is 12.5. The molecule has 0 fully saturated rings. The van der Waals surface area contributed by atoms with E-state index in [9.17, 15) is 14.4 Å². The monoisotopic (exact) mass is 403 g/mol. The Bertz CT molecular complexity index is 858. The van der Waals surface area contributed by atoms with Gasteiger partial charge in [0.1, 0.15) is 6.04 Å². The third-order valence-corrected chi connectivity index (χ3v) is 4.48. The lowest BCUT2D eigenvalue weighted by Crippen LogP contribution is -2.47. The zero-order chi connectivity index (χ0) is 20.7. The van der Waals surface area contributed by atoms with Crippen LogP contribution in [0.5, 0.6) is 0 Å². The van der Waals surface area contributed by atoms with Crippen LogP contribution in [0.25, 0.3) is 0 Å². The van der Waals surface area contributed by atoms with Crippen LogP contribution in [-0.4, -0.2) is 30.1 Å². The van der Waals surface area contributed by atoms with E-state index in [1.165, 1.54) is 6.92 Å². The van der Waals surface area contributed by atoms with Gasteiger partial charge in [-0.25, -0.2) is 9.59 Å². The van der Waals surface area contributed by atoms with Crippen molar-refractivity contribution in [2.24, 2.45) is 5.73 Å². The fraction of sp³-hybridized carbons (Fsp3) is 0.250. The molecule has 2 atom stereocenters. The summed E-state index contributed by atoms with van der Waals surface area (Å²) in [6, 6.07) is 12.3. The fourth-order valence-corrected chi connectivity index (χ4v) is 2.68. The van der Waals surface area contributed by atoms with E-state index in [1.807, 2.05) is 18.2 Å². The molecular weight excluding hydrogens is 382 g/mol. The number of carbonyl (C=O) groups excluding carboxylic acids is 3. The predicted molar refractivity (Wildman–Crippen MR) is 107 cm³/mol. The fourth-order valence-electron chi connectivity index (χ4n) is 2.50. The van der Waals surface area contributed by atoms with Gasteiger partial charge in [-0.1, -0.05) is 48.0 Å². The summed E-state index contributed by atoms with van der Waals surface area (Å²) in [4.78, 5) is 36.1. The number of benzene rings is 2. The highest BCUT2D eigenvalue weighted by molar-refractivity contribution is 6.31. The van der Waals surface area contributed by atoms with Crippen molar-refractivity contribution in [1.82, 2.24) is 5.32 Å². The van der Waals surface area contributed by atoms with Crippen LogP contribution in [0.15, 0.2) is 48.5 Å². The lowest BCUT2D eigenvalue weighted by Gasteiger charge is -2.20. The third kappa shape index (κ3) is 5.99. The molecule has 0 spiro atoms. The number of rotatable bonds is 7. The van der Waals surface area contributed by atoms with Crippen molar-refractivity contribution in [3.05, 3.63) is 64.7 Å². The number of hydrogen-bond donors (Lipinski definition) is 3. The van der Waals surface area contributed by atoms with Crippen LogP contribution in [-0.2, 0) is 20.7 Å². The molecule has 0 bridgehead atoms. The normalized spacial score (nSPS) is 12.5. The third-order valence-electron chi connectivity index (χ3n) is 4.07. The molecule has 8 heteroatoms. The van der Waals surface area contributed by atoms with Gasteiger partial charge in [0.25, 0.3) is 5.91 Å². The molecule has 2 aromatic carbocycles. The maximum atomic E-state index is 12.5. The first-order valence-corrected chi connectivity index (χ1v) is 9.02. The zero-order valence-corrected chi connectivity index (χ0v) is 16.3. The van der Waals surface area contributed by atoms with Gasteiger partial charge in [-0.05, 0) is 37.1 Å². The Labute approximate surface area is 168 Å². The lowest BCUT2D eigenvalue weighted by atomic mass is 10.1. The summed E-state index contributed by atoms with van der Waals surface area (Å²) < 4.78 is 5.24. The number of urea groups is 1. The van der Waals surface area contributed by atoms with Gasteiger partial charge in [-0.3, -0.25) is 4.79 Å². The molecule has 0 aliphatic carbocycles. The average molecular weight is 404 g/mol. The smallest absolute Gasteiger partial charge is 0.329 e. The van der Waals surface area contributed by atoms with Crippen molar-refractivity contribution in [3.8, 4) is 0 Å². The van der Waals surface area contributed by atoms with Gasteiger partial charge in [0.2, 0.25) is 0 Å². The Morgan fingerprint density at radius 1 is 1.11 bits per heavy atom. The van der Waals surface area contributed by atoms with Crippen molar-refractivity contribution < 1.29 is 19.1 Å². The number of anilines is 1. The minimum absolute atomic E-state index is 0.185. The minimum Gasteiger partial charge on any atom is -0.451 e. The van der Waals surface area contributed by atoms with E-state index in [-0.39, 0.29) is 6.42 Å².